The van der Waals surface area contributed by atoms with Crippen molar-refractivity contribution < 1.29 is 0 Å². The Bertz CT molecular complexity index is 3740. The number of hydrogen-bond donors (Lipinski definition) is 0. The summed E-state index contributed by atoms with van der Waals surface area (Å²) in [7, 11) is 0. The molecule has 0 aliphatic heterocycles. The summed E-state index contributed by atoms with van der Waals surface area (Å²) in [6, 6.07) is 68.2. The third-order valence-electron chi connectivity index (χ3n) is 12.0. The second kappa shape index (κ2) is 12.1. The van der Waals surface area contributed by atoms with E-state index in [0.29, 0.717) is 0 Å². The highest BCUT2D eigenvalue weighted by Gasteiger charge is 2.21. The predicted octanol–water partition coefficient (Wildman–Crippen LogP) is 17.3. The van der Waals surface area contributed by atoms with Gasteiger partial charge in [-0.3, -0.25) is 0 Å². The number of fused-ring (bicyclic) bond motifs is 13. The van der Waals surface area contributed by atoms with Crippen molar-refractivity contribution in [3.05, 3.63) is 182 Å². The molecule has 13 rings (SSSR count). The van der Waals surface area contributed by atoms with Crippen LogP contribution < -0.4 is 0 Å². The van der Waals surface area contributed by atoms with Crippen LogP contribution in [0.2, 0.25) is 0 Å². The molecule has 0 unspecified atom stereocenters. The maximum atomic E-state index is 2.44. The summed E-state index contributed by atoms with van der Waals surface area (Å²) in [5.74, 6) is 0. The van der Waals surface area contributed by atoms with Gasteiger partial charge in [-0.15, -0.1) is 34.0 Å². The van der Waals surface area contributed by atoms with Gasteiger partial charge in [-0.1, -0.05) is 146 Å². The molecule has 13 aromatic rings. The Morgan fingerprint density at radius 3 is 1.39 bits per heavy atom. The maximum absolute atomic E-state index is 2.44. The molecular formula is C54H30S3. The van der Waals surface area contributed by atoms with Crippen LogP contribution >= 0.6 is 34.0 Å². The molecule has 0 aliphatic rings. The average Bonchev–Trinajstić information content (AvgIpc) is 3.95. The first kappa shape index (κ1) is 31.8. The molecule has 10 aromatic carbocycles. The summed E-state index contributed by atoms with van der Waals surface area (Å²) in [5, 5.41) is 15.8. The van der Waals surface area contributed by atoms with Gasteiger partial charge in [0, 0.05) is 66.1 Å². The molecule has 3 heterocycles. The van der Waals surface area contributed by atoms with Gasteiger partial charge in [0.15, 0.2) is 0 Å². The van der Waals surface area contributed by atoms with E-state index < -0.39 is 0 Å². The highest BCUT2D eigenvalue weighted by atomic mass is 32.1. The van der Waals surface area contributed by atoms with Crippen LogP contribution in [0.1, 0.15) is 0 Å². The Balaban J connectivity index is 1.02. The average molecular weight is 775 g/mol. The summed E-state index contributed by atoms with van der Waals surface area (Å²) in [5.41, 5.74) is 7.66. The standard InChI is InChI=1S/C54H30S3/c1-2-12-35-33(11-1)29-43-53-47(28-27-46-52(53)42-18-8-10-20-45(42)55-46)57-54(43)51(35)32-23-21-31(22-24-32)49-38-14-3-5-16-40(38)50(41-17-6-4-15-39(41)49)34-25-26-37-36-13-7-9-19-44(36)56-48(37)30-34/h1-30H. The SMILES string of the molecule is c1ccc2c(-c3ccc(-c4c5ccccc5c(-c5ccc6c(c5)sc5ccccc56)c5ccccc45)cc3)c3sc4ccc5sc6ccccc6c5c4c3cc2c1. The second-order valence-corrected chi connectivity index (χ2v) is 18.3. The van der Waals surface area contributed by atoms with Crippen molar-refractivity contribution >= 4 is 127 Å². The third kappa shape index (κ3) is 4.59. The summed E-state index contributed by atoms with van der Waals surface area (Å²) >= 11 is 5.72. The molecule has 57 heavy (non-hydrogen) atoms. The smallest absolute Gasteiger partial charge is 0.0440 e. The summed E-state index contributed by atoms with van der Waals surface area (Å²) < 4.78 is 8.07. The highest BCUT2D eigenvalue weighted by molar-refractivity contribution is 7.28. The van der Waals surface area contributed by atoms with Crippen LogP contribution in [0, 0.1) is 0 Å². The highest BCUT2D eigenvalue weighted by Crippen LogP contribution is 2.50. The van der Waals surface area contributed by atoms with Crippen molar-refractivity contribution in [3.63, 3.8) is 0 Å². The van der Waals surface area contributed by atoms with Crippen LogP contribution in [-0.2, 0) is 0 Å². The van der Waals surface area contributed by atoms with Crippen LogP contribution in [0.3, 0.4) is 0 Å². The van der Waals surface area contributed by atoms with Crippen molar-refractivity contribution in [1.82, 2.24) is 0 Å². The van der Waals surface area contributed by atoms with E-state index in [1.807, 2.05) is 34.0 Å². The zero-order chi connectivity index (χ0) is 37.2. The van der Waals surface area contributed by atoms with E-state index in [1.165, 1.54) is 126 Å². The van der Waals surface area contributed by atoms with Gasteiger partial charge in [0.1, 0.15) is 0 Å². The van der Waals surface area contributed by atoms with Gasteiger partial charge < -0.3 is 0 Å². The van der Waals surface area contributed by atoms with E-state index in [-0.39, 0.29) is 0 Å². The van der Waals surface area contributed by atoms with Crippen LogP contribution in [0.15, 0.2) is 182 Å². The fourth-order valence-corrected chi connectivity index (χ4v) is 13.1. The van der Waals surface area contributed by atoms with Gasteiger partial charge in [0.2, 0.25) is 0 Å². The number of thiophene rings is 3. The van der Waals surface area contributed by atoms with Crippen molar-refractivity contribution in [2.24, 2.45) is 0 Å². The maximum Gasteiger partial charge on any atom is 0.0440 e. The molecule has 0 fully saturated rings. The molecule has 0 bridgehead atoms. The van der Waals surface area contributed by atoms with Gasteiger partial charge in [0.25, 0.3) is 0 Å². The molecular weight excluding hydrogens is 745 g/mol. The normalized spacial score (nSPS) is 12.2. The molecule has 264 valence electrons. The fourth-order valence-electron chi connectivity index (χ4n) is 9.60. The van der Waals surface area contributed by atoms with Crippen molar-refractivity contribution in [3.8, 4) is 33.4 Å². The van der Waals surface area contributed by atoms with Gasteiger partial charge in [0.05, 0.1) is 0 Å². The lowest BCUT2D eigenvalue weighted by molar-refractivity contribution is 1.65. The molecule has 0 aliphatic carbocycles. The zero-order valence-electron chi connectivity index (χ0n) is 30.5. The summed E-state index contributed by atoms with van der Waals surface area (Å²) in [6.07, 6.45) is 0. The minimum absolute atomic E-state index is 1.23. The lowest BCUT2D eigenvalue weighted by Crippen LogP contribution is -1.91. The Hall–Kier alpha value is -6.36. The van der Waals surface area contributed by atoms with Crippen LogP contribution in [-0.4, -0.2) is 0 Å². The monoisotopic (exact) mass is 774 g/mol. The van der Waals surface area contributed by atoms with E-state index in [2.05, 4.69) is 182 Å². The van der Waals surface area contributed by atoms with Crippen LogP contribution in [0.4, 0.5) is 0 Å². The van der Waals surface area contributed by atoms with Crippen molar-refractivity contribution in [2.75, 3.05) is 0 Å². The van der Waals surface area contributed by atoms with Crippen LogP contribution in [0.5, 0.6) is 0 Å². The molecule has 0 amide bonds. The molecule has 3 heteroatoms. The molecule has 0 atom stereocenters. The van der Waals surface area contributed by atoms with E-state index in [0.717, 1.165) is 0 Å². The minimum atomic E-state index is 1.23. The first-order valence-electron chi connectivity index (χ1n) is 19.4. The van der Waals surface area contributed by atoms with Gasteiger partial charge in [-0.25, -0.2) is 0 Å². The largest absolute Gasteiger partial charge is 0.135 e. The lowest BCUT2D eigenvalue weighted by atomic mass is 9.85. The topological polar surface area (TPSA) is 0 Å². The fraction of sp³-hybridized carbons (Fsp3) is 0. The Labute approximate surface area is 340 Å². The van der Waals surface area contributed by atoms with Gasteiger partial charge in [-0.2, -0.15) is 0 Å². The van der Waals surface area contributed by atoms with Gasteiger partial charge >= 0.3 is 0 Å². The van der Waals surface area contributed by atoms with Crippen molar-refractivity contribution in [1.29, 1.82) is 0 Å². The third-order valence-corrected chi connectivity index (χ3v) is 15.5. The Kier molecular flexibility index (Phi) is 6.73. The van der Waals surface area contributed by atoms with Crippen molar-refractivity contribution in [2.45, 2.75) is 0 Å². The first-order chi connectivity index (χ1) is 28.3. The number of hydrogen-bond acceptors (Lipinski definition) is 3. The van der Waals surface area contributed by atoms with E-state index in [9.17, 15) is 0 Å². The summed E-state index contributed by atoms with van der Waals surface area (Å²) in [6.45, 7) is 0. The molecule has 0 saturated carbocycles. The van der Waals surface area contributed by atoms with E-state index in [1.54, 1.807) is 0 Å². The number of benzene rings is 10. The molecule has 0 spiro atoms. The van der Waals surface area contributed by atoms with Crippen LogP contribution in [0.25, 0.3) is 126 Å². The molecule has 0 radical (unpaired) electrons. The zero-order valence-corrected chi connectivity index (χ0v) is 33.0. The first-order valence-corrected chi connectivity index (χ1v) is 21.9. The molecule has 0 nitrogen and oxygen atoms in total. The quantitative estimate of drug-likeness (QED) is 0.157. The number of rotatable bonds is 3. The second-order valence-electron chi connectivity index (χ2n) is 15.1. The lowest BCUT2D eigenvalue weighted by Gasteiger charge is -2.18. The van der Waals surface area contributed by atoms with E-state index >= 15 is 0 Å². The minimum Gasteiger partial charge on any atom is -0.135 e. The Morgan fingerprint density at radius 1 is 0.246 bits per heavy atom. The molecule has 0 saturated heterocycles. The molecule has 3 aromatic heterocycles. The predicted molar refractivity (Wildman–Crippen MR) is 254 cm³/mol. The summed E-state index contributed by atoms with van der Waals surface area (Å²) in [4.78, 5) is 0. The molecule has 0 N–H and O–H groups in total. The van der Waals surface area contributed by atoms with Gasteiger partial charge in [-0.05, 0) is 96.5 Å². The Morgan fingerprint density at radius 2 is 0.702 bits per heavy atom. The van der Waals surface area contributed by atoms with E-state index in [4.69, 9.17) is 0 Å².